The first-order valence-corrected chi connectivity index (χ1v) is 14.7. The van der Waals surface area contributed by atoms with Gasteiger partial charge in [-0.3, -0.25) is 0 Å². The van der Waals surface area contributed by atoms with E-state index in [-0.39, 0.29) is 40.9 Å². The zero-order chi connectivity index (χ0) is 30.1. The fraction of sp³-hybridized carbons (Fsp3) is 0.441. The molecule has 0 atom stereocenters. The standard InChI is InChI=1S/C5H12O.C4H9.C2H3O.9C2H4.5CH4.O.Sn/c1-3-4-5-6-2;1-3-4-2;1-2-3;9*1-2;;;;;;;/h3-5H2,1-2H3;1,3-4H2,2H3;1H3;9*1-2H2;5*1H4;;. The molecule has 3 nitrogen and oxygen atoms in total. The van der Waals surface area contributed by atoms with E-state index in [1.165, 1.54) is 19.8 Å². The summed E-state index contributed by atoms with van der Waals surface area (Å²) in [6, 6.07) is 0. The van der Waals surface area contributed by atoms with Crippen LogP contribution < -0.4 is 0 Å². The van der Waals surface area contributed by atoms with Gasteiger partial charge in [-0.2, -0.15) is 0 Å². The van der Waals surface area contributed by atoms with Gasteiger partial charge in [0.1, 0.15) is 0 Å². The van der Waals surface area contributed by atoms with Crippen LogP contribution in [0.5, 0.6) is 0 Å². The van der Waals surface area contributed by atoms with Crippen LogP contribution >= 0.6 is 0 Å². The van der Waals surface area contributed by atoms with E-state index >= 15 is 0 Å². The van der Waals surface area contributed by atoms with E-state index in [0.29, 0.717) is 4.44 Å². The number of carbonyl (C=O) groups excluding carboxylic acids is 1. The molecule has 0 aliphatic rings. The summed E-state index contributed by atoms with van der Waals surface area (Å²) in [5, 5.41) is 0. The van der Waals surface area contributed by atoms with Crippen LogP contribution in [-0.2, 0) is 12.6 Å². The summed E-state index contributed by atoms with van der Waals surface area (Å²) in [4.78, 5) is 10.4. The number of hydrogen-bond acceptors (Lipinski definition) is 3. The third kappa shape index (κ3) is 464. The molecule has 0 rings (SSSR count). The molecule has 0 amide bonds. The zero-order valence-electron chi connectivity index (χ0n) is 23.2. The van der Waals surface area contributed by atoms with Gasteiger partial charge in [0.25, 0.3) is 0 Å². The molecular formula is C34H80O3Sn. The molecule has 0 aromatic carbocycles. The van der Waals surface area contributed by atoms with Crippen molar-refractivity contribution < 1.29 is 12.6 Å². The molecule has 38 heavy (non-hydrogen) atoms. The Bertz CT molecular complexity index is 250. The fourth-order valence-electron chi connectivity index (χ4n) is 0.802. The average Bonchev–Trinajstić information content (AvgIpc) is 2.96. The maximum absolute atomic E-state index is 10.8. The number of hydrogen-bond donors (Lipinski definition) is 0. The van der Waals surface area contributed by atoms with Crippen molar-refractivity contribution in [1.29, 1.82) is 0 Å². The Balaban J connectivity index is -0.0000000107. The topological polar surface area (TPSA) is 43.4 Å². The van der Waals surface area contributed by atoms with E-state index in [4.69, 9.17) is 4.74 Å². The molecule has 4 heteroatoms. The molecule has 0 fully saturated rings. The SMILES string of the molecule is C.C.C.C.C.C=C.C=C.C=C.C=C.C=C.C=C.C=C.C=C.C=C.CCCCOC.CCC[CH2][Sn](=[O])[C](C)=O. The minimum atomic E-state index is -2.69. The van der Waals surface area contributed by atoms with Crippen LogP contribution in [-0.4, -0.2) is 37.3 Å². The van der Waals surface area contributed by atoms with E-state index in [0.717, 1.165) is 19.4 Å². The van der Waals surface area contributed by atoms with Crippen molar-refractivity contribution in [3.05, 3.63) is 118 Å². The van der Waals surface area contributed by atoms with Gasteiger partial charge in [-0.1, -0.05) is 50.5 Å². The fourth-order valence-corrected chi connectivity index (χ4v) is 3.73. The summed E-state index contributed by atoms with van der Waals surface area (Å²) < 4.78 is 16.3. The monoisotopic (exact) mass is 657 g/mol. The van der Waals surface area contributed by atoms with Gasteiger partial charge in [0, 0.05) is 13.7 Å². The van der Waals surface area contributed by atoms with Crippen LogP contribution in [0.4, 0.5) is 0 Å². The van der Waals surface area contributed by atoms with Gasteiger partial charge >= 0.3 is 62.5 Å². The molecule has 0 saturated carbocycles. The van der Waals surface area contributed by atoms with Crippen molar-refractivity contribution in [1.82, 2.24) is 0 Å². The third-order valence-corrected chi connectivity index (χ3v) is 6.40. The van der Waals surface area contributed by atoms with Crippen molar-refractivity contribution in [3.63, 3.8) is 0 Å². The first-order valence-electron chi connectivity index (χ1n) is 10.1. The first-order chi connectivity index (χ1) is 16.1. The average molecular weight is 656 g/mol. The molecule has 238 valence electrons. The van der Waals surface area contributed by atoms with Gasteiger partial charge < -0.3 is 4.74 Å². The van der Waals surface area contributed by atoms with Gasteiger partial charge in [-0.05, 0) is 6.42 Å². The van der Waals surface area contributed by atoms with E-state index in [2.05, 4.69) is 125 Å². The van der Waals surface area contributed by atoms with Crippen LogP contribution in [0.1, 0.15) is 83.6 Å². The molecular weight excluding hydrogens is 575 g/mol. The van der Waals surface area contributed by atoms with Crippen LogP contribution in [0.3, 0.4) is 0 Å². The molecule has 0 aliphatic heterocycles. The predicted octanol–water partition coefficient (Wildman–Crippen LogP) is 13.2. The van der Waals surface area contributed by atoms with Crippen LogP contribution in [0.2, 0.25) is 4.44 Å². The molecule has 0 unspecified atom stereocenters. The molecule has 0 aromatic heterocycles. The number of unbranched alkanes of at least 4 members (excludes halogenated alkanes) is 2. The van der Waals surface area contributed by atoms with Crippen molar-refractivity contribution in [2.75, 3.05) is 13.7 Å². The Kier molecular flexibility index (Phi) is 982. The van der Waals surface area contributed by atoms with Gasteiger partial charge in [0.05, 0.1) is 0 Å². The summed E-state index contributed by atoms with van der Waals surface area (Å²) in [6.07, 6.45) is 4.42. The van der Waals surface area contributed by atoms with Crippen LogP contribution in [0.15, 0.2) is 118 Å². The Morgan fingerprint density at radius 1 is 0.553 bits per heavy atom. The Morgan fingerprint density at radius 2 is 0.763 bits per heavy atom. The molecule has 0 bridgehead atoms. The molecule has 0 aromatic rings. The van der Waals surface area contributed by atoms with Crippen LogP contribution in [0, 0.1) is 0 Å². The maximum atomic E-state index is 10.8. The second-order valence-electron chi connectivity index (χ2n) is 3.43. The summed E-state index contributed by atoms with van der Waals surface area (Å²) in [5.74, 6) is 0. The van der Waals surface area contributed by atoms with Crippen LogP contribution in [0.25, 0.3) is 0 Å². The normalized spacial score (nSPS) is 4.53. The Morgan fingerprint density at radius 3 is 0.868 bits per heavy atom. The van der Waals surface area contributed by atoms with Gasteiger partial charge in [0.2, 0.25) is 0 Å². The van der Waals surface area contributed by atoms with E-state index < -0.39 is 19.7 Å². The zero-order valence-corrected chi connectivity index (χ0v) is 26.0. The molecule has 0 heterocycles. The summed E-state index contributed by atoms with van der Waals surface area (Å²) in [6.45, 7) is 60.5. The Labute approximate surface area is 255 Å². The second kappa shape index (κ2) is 338. The van der Waals surface area contributed by atoms with Gasteiger partial charge in [-0.25, -0.2) is 0 Å². The number of rotatable bonds is 7. The molecule has 0 aliphatic carbocycles. The van der Waals surface area contributed by atoms with Crippen molar-refractivity contribution >= 4 is 23.5 Å². The van der Waals surface area contributed by atoms with E-state index in [1.54, 1.807) is 7.11 Å². The summed E-state index contributed by atoms with van der Waals surface area (Å²) in [5.41, 5.74) is 0. The molecule has 0 N–H and O–H groups in total. The Hall–Kier alpha value is -2.11. The number of carbonyl (C=O) groups is 1. The second-order valence-corrected chi connectivity index (χ2v) is 9.28. The van der Waals surface area contributed by atoms with Gasteiger partial charge in [-0.15, -0.1) is 118 Å². The van der Waals surface area contributed by atoms with E-state index in [1.807, 2.05) is 6.92 Å². The van der Waals surface area contributed by atoms with Gasteiger partial charge in [0.15, 0.2) is 0 Å². The number of methoxy groups -OCH3 is 1. The third-order valence-electron chi connectivity index (χ3n) is 1.85. The van der Waals surface area contributed by atoms with Crippen molar-refractivity contribution in [2.24, 2.45) is 0 Å². The molecule has 0 spiro atoms. The molecule has 0 saturated heterocycles. The summed E-state index contributed by atoms with van der Waals surface area (Å²) in [7, 11) is 1.73. The van der Waals surface area contributed by atoms with Crippen molar-refractivity contribution in [2.45, 2.75) is 88.0 Å². The minimum absolute atomic E-state index is 0. The molecule has 0 radical (unpaired) electrons. The van der Waals surface area contributed by atoms with Crippen molar-refractivity contribution in [3.8, 4) is 0 Å². The summed E-state index contributed by atoms with van der Waals surface area (Å²) >= 11 is -2.69. The quantitative estimate of drug-likeness (QED) is 0.156. The van der Waals surface area contributed by atoms with E-state index in [9.17, 15) is 7.87 Å². The predicted molar refractivity (Wildman–Crippen MR) is 199 cm³/mol. The first kappa shape index (κ1) is 110. The number of ether oxygens (including phenoxy) is 1.